The van der Waals surface area contributed by atoms with Crippen LogP contribution in [0.3, 0.4) is 0 Å². The third kappa shape index (κ3) is 2.88. The summed E-state index contributed by atoms with van der Waals surface area (Å²) in [6, 6.07) is 6.07. The van der Waals surface area contributed by atoms with Gasteiger partial charge in [-0.15, -0.1) is 0 Å². The SMILES string of the molecule is Cc1ccc(C(C)Nc2cc(C)c(Br)cn2)o1. The molecule has 0 spiro atoms. The number of rotatable bonds is 3. The van der Waals surface area contributed by atoms with E-state index in [1.807, 2.05) is 32.0 Å². The Balaban J connectivity index is 2.12. The Bertz CT molecular complexity index is 522. The van der Waals surface area contributed by atoms with Gasteiger partial charge in [0.15, 0.2) is 0 Å². The average Bonchev–Trinajstić information content (AvgIpc) is 2.70. The Morgan fingerprint density at radius 1 is 1.35 bits per heavy atom. The molecule has 2 aromatic heterocycles. The smallest absolute Gasteiger partial charge is 0.126 e. The van der Waals surface area contributed by atoms with Crippen LogP contribution in [0.15, 0.2) is 33.3 Å². The van der Waals surface area contributed by atoms with Gasteiger partial charge in [-0.25, -0.2) is 4.98 Å². The minimum absolute atomic E-state index is 0.108. The highest BCUT2D eigenvalue weighted by Gasteiger charge is 2.10. The largest absolute Gasteiger partial charge is 0.464 e. The standard InChI is InChI=1S/C13H15BrN2O/c1-8-6-13(15-7-11(8)14)16-10(3)12-5-4-9(2)17-12/h4-7,10H,1-3H3,(H,15,16). The highest BCUT2D eigenvalue weighted by molar-refractivity contribution is 9.10. The Hall–Kier alpha value is -1.29. The number of hydrogen-bond donors (Lipinski definition) is 1. The second-order valence-electron chi connectivity index (χ2n) is 4.13. The molecule has 0 bridgehead atoms. The zero-order chi connectivity index (χ0) is 12.4. The summed E-state index contributed by atoms with van der Waals surface area (Å²) < 4.78 is 6.59. The van der Waals surface area contributed by atoms with Gasteiger partial charge >= 0.3 is 0 Å². The van der Waals surface area contributed by atoms with Gasteiger partial charge in [-0.1, -0.05) is 0 Å². The van der Waals surface area contributed by atoms with Crippen molar-refractivity contribution in [3.63, 3.8) is 0 Å². The summed E-state index contributed by atoms with van der Waals surface area (Å²) in [5.41, 5.74) is 1.16. The van der Waals surface area contributed by atoms with Crippen molar-refractivity contribution in [2.45, 2.75) is 26.8 Å². The number of halogens is 1. The fourth-order valence-corrected chi connectivity index (χ4v) is 1.81. The number of pyridine rings is 1. The Labute approximate surface area is 109 Å². The molecule has 0 radical (unpaired) electrons. The molecule has 0 saturated carbocycles. The summed E-state index contributed by atoms with van der Waals surface area (Å²) >= 11 is 3.44. The Kier molecular flexibility index (Phi) is 3.52. The van der Waals surface area contributed by atoms with E-state index >= 15 is 0 Å². The van der Waals surface area contributed by atoms with Crippen LogP contribution in [0, 0.1) is 13.8 Å². The van der Waals surface area contributed by atoms with Crippen molar-refractivity contribution < 1.29 is 4.42 Å². The summed E-state index contributed by atoms with van der Waals surface area (Å²) in [6.45, 7) is 6.04. The highest BCUT2D eigenvalue weighted by atomic mass is 79.9. The molecule has 0 aliphatic rings. The molecule has 1 N–H and O–H groups in total. The summed E-state index contributed by atoms with van der Waals surface area (Å²) in [4.78, 5) is 4.31. The quantitative estimate of drug-likeness (QED) is 0.921. The highest BCUT2D eigenvalue weighted by Crippen LogP contribution is 2.22. The van der Waals surface area contributed by atoms with Crippen LogP contribution in [-0.4, -0.2) is 4.98 Å². The fourth-order valence-electron chi connectivity index (χ4n) is 1.60. The van der Waals surface area contributed by atoms with E-state index in [-0.39, 0.29) is 6.04 Å². The molecule has 0 aliphatic carbocycles. The predicted molar refractivity (Wildman–Crippen MR) is 72.2 cm³/mol. The normalized spacial score (nSPS) is 12.5. The molecular formula is C13H15BrN2O. The van der Waals surface area contributed by atoms with E-state index in [4.69, 9.17) is 4.42 Å². The lowest BCUT2D eigenvalue weighted by Gasteiger charge is -2.12. The maximum atomic E-state index is 5.57. The summed E-state index contributed by atoms with van der Waals surface area (Å²) in [6.07, 6.45) is 1.80. The van der Waals surface area contributed by atoms with Crippen LogP contribution in [0.5, 0.6) is 0 Å². The molecule has 0 fully saturated rings. The van der Waals surface area contributed by atoms with Gasteiger partial charge in [-0.05, 0) is 60.5 Å². The first kappa shape index (κ1) is 12.2. The molecule has 2 rings (SSSR count). The van der Waals surface area contributed by atoms with Gasteiger partial charge in [0.1, 0.15) is 17.3 Å². The van der Waals surface area contributed by atoms with Gasteiger partial charge in [0.05, 0.1) is 6.04 Å². The molecular weight excluding hydrogens is 280 g/mol. The molecule has 1 atom stereocenters. The minimum atomic E-state index is 0.108. The van der Waals surface area contributed by atoms with Crippen LogP contribution in [-0.2, 0) is 0 Å². The van der Waals surface area contributed by atoms with E-state index in [1.54, 1.807) is 6.20 Å². The maximum absolute atomic E-state index is 5.57. The first-order chi connectivity index (χ1) is 8.06. The van der Waals surface area contributed by atoms with Crippen LogP contribution in [0.25, 0.3) is 0 Å². The van der Waals surface area contributed by atoms with Gasteiger partial charge in [-0.2, -0.15) is 0 Å². The lowest BCUT2D eigenvalue weighted by molar-refractivity contribution is 0.466. The predicted octanol–water partition coefficient (Wildman–Crippen LogP) is 4.23. The number of aryl methyl sites for hydroxylation is 2. The molecule has 90 valence electrons. The topological polar surface area (TPSA) is 38.1 Å². The molecule has 0 aromatic carbocycles. The van der Waals surface area contributed by atoms with E-state index in [0.29, 0.717) is 0 Å². The van der Waals surface area contributed by atoms with Gasteiger partial charge < -0.3 is 9.73 Å². The van der Waals surface area contributed by atoms with Crippen molar-refractivity contribution in [2.24, 2.45) is 0 Å². The van der Waals surface area contributed by atoms with E-state index in [0.717, 1.165) is 27.4 Å². The van der Waals surface area contributed by atoms with Crippen molar-refractivity contribution in [2.75, 3.05) is 5.32 Å². The van der Waals surface area contributed by atoms with Crippen LogP contribution in [0.4, 0.5) is 5.82 Å². The molecule has 1 unspecified atom stereocenters. The van der Waals surface area contributed by atoms with E-state index in [1.165, 1.54) is 0 Å². The molecule has 2 heterocycles. The molecule has 4 heteroatoms. The monoisotopic (exact) mass is 294 g/mol. The van der Waals surface area contributed by atoms with Gasteiger partial charge in [0, 0.05) is 10.7 Å². The Morgan fingerprint density at radius 3 is 2.71 bits per heavy atom. The van der Waals surface area contributed by atoms with Gasteiger partial charge in [-0.3, -0.25) is 0 Å². The number of anilines is 1. The molecule has 0 amide bonds. The number of nitrogens with zero attached hydrogens (tertiary/aromatic N) is 1. The number of furan rings is 1. The van der Waals surface area contributed by atoms with E-state index in [9.17, 15) is 0 Å². The summed E-state index contributed by atoms with van der Waals surface area (Å²) in [5.74, 6) is 2.70. The van der Waals surface area contributed by atoms with Gasteiger partial charge in [0.25, 0.3) is 0 Å². The van der Waals surface area contributed by atoms with Crippen molar-refractivity contribution in [3.8, 4) is 0 Å². The third-order valence-corrected chi connectivity index (χ3v) is 3.43. The first-order valence-corrected chi connectivity index (χ1v) is 6.30. The maximum Gasteiger partial charge on any atom is 0.126 e. The van der Waals surface area contributed by atoms with E-state index < -0.39 is 0 Å². The zero-order valence-corrected chi connectivity index (χ0v) is 11.7. The van der Waals surface area contributed by atoms with Crippen molar-refractivity contribution in [1.82, 2.24) is 4.98 Å². The van der Waals surface area contributed by atoms with Crippen molar-refractivity contribution >= 4 is 21.7 Å². The summed E-state index contributed by atoms with van der Waals surface area (Å²) in [5, 5.41) is 3.31. The van der Waals surface area contributed by atoms with Crippen LogP contribution in [0.2, 0.25) is 0 Å². The first-order valence-electron chi connectivity index (χ1n) is 5.51. The molecule has 0 aliphatic heterocycles. The second-order valence-corrected chi connectivity index (χ2v) is 4.99. The number of hydrogen-bond acceptors (Lipinski definition) is 3. The number of nitrogens with one attached hydrogen (secondary N) is 1. The van der Waals surface area contributed by atoms with Gasteiger partial charge in [0.2, 0.25) is 0 Å². The zero-order valence-electron chi connectivity index (χ0n) is 10.1. The fraction of sp³-hybridized carbons (Fsp3) is 0.308. The van der Waals surface area contributed by atoms with E-state index in [2.05, 4.69) is 33.2 Å². The molecule has 17 heavy (non-hydrogen) atoms. The van der Waals surface area contributed by atoms with Crippen molar-refractivity contribution in [3.05, 3.63) is 46.0 Å². The number of aromatic nitrogens is 1. The lowest BCUT2D eigenvalue weighted by Crippen LogP contribution is -2.07. The van der Waals surface area contributed by atoms with Crippen molar-refractivity contribution in [1.29, 1.82) is 0 Å². The molecule has 3 nitrogen and oxygen atoms in total. The van der Waals surface area contributed by atoms with Crippen LogP contribution >= 0.6 is 15.9 Å². The Morgan fingerprint density at radius 2 is 2.12 bits per heavy atom. The second kappa shape index (κ2) is 4.92. The minimum Gasteiger partial charge on any atom is -0.464 e. The third-order valence-electron chi connectivity index (χ3n) is 2.60. The molecule has 2 aromatic rings. The average molecular weight is 295 g/mol. The molecule has 0 saturated heterocycles. The lowest BCUT2D eigenvalue weighted by atomic mass is 10.2. The van der Waals surface area contributed by atoms with Crippen LogP contribution < -0.4 is 5.32 Å². The summed E-state index contributed by atoms with van der Waals surface area (Å²) in [7, 11) is 0. The van der Waals surface area contributed by atoms with Crippen LogP contribution in [0.1, 0.15) is 30.0 Å².